The molecule has 0 aromatic heterocycles. The zero-order chi connectivity index (χ0) is 13.7. The highest BCUT2D eigenvalue weighted by Gasteiger charge is 2.37. The SMILES string of the molecule is CCC(CC)(CC)CCC(C(=O)O)P(=O)(O)O. The Hall–Kier alpha value is -0.380. The summed E-state index contributed by atoms with van der Waals surface area (Å²) in [5.41, 5.74) is -1.56. The van der Waals surface area contributed by atoms with Crippen LogP contribution in [0.25, 0.3) is 0 Å². The van der Waals surface area contributed by atoms with Gasteiger partial charge in [0.05, 0.1) is 0 Å². The lowest BCUT2D eigenvalue weighted by molar-refractivity contribution is -0.137. The number of carboxylic acids is 1. The summed E-state index contributed by atoms with van der Waals surface area (Å²) < 4.78 is 11.1. The summed E-state index contributed by atoms with van der Waals surface area (Å²) in [7, 11) is -4.55. The van der Waals surface area contributed by atoms with Gasteiger partial charge in [-0.3, -0.25) is 9.36 Å². The van der Waals surface area contributed by atoms with Gasteiger partial charge in [-0.2, -0.15) is 0 Å². The molecule has 102 valence electrons. The van der Waals surface area contributed by atoms with Crippen LogP contribution in [-0.4, -0.2) is 26.5 Å². The van der Waals surface area contributed by atoms with E-state index in [-0.39, 0.29) is 11.8 Å². The highest BCUT2D eigenvalue weighted by Crippen LogP contribution is 2.46. The van der Waals surface area contributed by atoms with Crippen LogP contribution in [0.4, 0.5) is 0 Å². The molecule has 0 spiro atoms. The minimum atomic E-state index is -4.55. The lowest BCUT2D eigenvalue weighted by Gasteiger charge is -2.31. The van der Waals surface area contributed by atoms with Gasteiger partial charge >= 0.3 is 13.6 Å². The molecule has 0 heterocycles. The van der Waals surface area contributed by atoms with Gasteiger partial charge in [0.15, 0.2) is 5.66 Å². The van der Waals surface area contributed by atoms with Crippen LogP contribution in [0.1, 0.15) is 52.9 Å². The van der Waals surface area contributed by atoms with Crippen molar-refractivity contribution in [3.05, 3.63) is 0 Å². The van der Waals surface area contributed by atoms with Gasteiger partial charge in [-0.05, 0) is 18.3 Å². The molecule has 1 unspecified atom stereocenters. The fraction of sp³-hybridized carbons (Fsp3) is 0.909. The van der Waals surface area contributed by atoms with Gasteiger partial charge < -0.3 is 14.9 Å². The van der Waals surface area contributed by atoms with E-state index >= 15 is 0 Å². The second-order valence-corrected chi connectivity index (χ2v) is 6.34. The molecule has 17 heavy (non-hydrogen) atoms. The molecule has 0 aliphatic carbocycles. The fourth-order valence-corrected chi connectivity index (χ4v) is 2.91. The van der Waals surface area contributed by atoms with Crippen LogP contribution in [-0.2, 0) is 9.36 Å². The Bertz CT molecular complexity index is 284. The highest BCUT2D eigenvalue weighted by atomic mass is 31.2. The van der Waals surface area contributed by atoms with Crippen molar-refractivity contribution in [2.24, 2.45) is 5.41 Å². The molecule has 0 saturated carbocycles. The first kappa shape index (κ1) is 16.6. The predicted octanol–water partition coefficient (Wildman–Crippen LogP) is 2.61. The summed E-state index contributed by atoms with van der Waals surface area (Å²) in [6.45, 7) is 6.08. The van der Waals surface area contributed by atoms with Crippen LogP contribution in [0.15, 0.2) is 0 Å². The third-order valence-electron chi connectivity index (χ3n) is 3.89. The molecule has 6 heteroatoms. The first-order chi connectivity index (χ1) is 7.72. The average molecular weight is 266 g/mol. The molecule has 5 nitrogen and oxygen atoms in total. The molecule has 0 saturated heterocycles. The lowest BCUT2D eigenvalue weighted by Crippen LogP contribution is -2.25. The Morgan fingerprint density at radius 1 is 1.18 bits per heavy atom. The molecule has 0 radical (unpaired) electrons. The van der Waals surface area contributed by atoms with E-state index in [9.17, 15) is 9.36 Å². The number of carboxylic acid groups (broad SMARTS) is 1. The minimum Gasteiger partial charge on any atom is -0.481 e. The van der Waals surface area contributed by atoms with Gasteiger partial charge in [0.2, 0.25) is 0 Å². The zero-order valence-corrected chi connectivity index (χ0v) is 11.6. The fourth-order valence-electron chi connectivity index (χ4n) is 2.16. The average Bonchev–Trinajstić information content (AvgIpc) is 2.23. The number of rotatable bonds is 8. The minimum absolute atomic E-state index is 0.00285. The Morgan fingerprint density at radius 2 is 1.59 bits per heavy atom. The third-order valence-corrected chi connectivity index (χ3v) is 5.18. The molecule has 3 N–H and O–H groups in total. The van der Waals surface area contributed by atoms with Gasteiger partial charge in [-0.1, -0.05) is 40.0 Å². The second-order valence-electron chi connectivity index (χ2n) is 4.54. The summed E-state index contributed by atoms with van der Waals surface area (Å²) >= 11 is 0. The van der Waals surface area contributed by atoms with Crippen molar-refractivity contribution in [2.45, 2.75) is 58.5 Å². The van der Waals surface area contributed by atoms with Gasteiger partial charge in [0, 0.05) is 0 Å². The number of carbonyl (C=O) groups is 1. The van der Waals surface area contributed by atoms with Crippen LogP contribution in [0.3, 0.4) is 0 Å². The van der Waals surface area contributed by atoms with E-state index in [2.05, 4.69) is 0 Å². The van der Waals surface area contributed by atoms with Crippen molar-refractivity contribution < 1.29 is 24.3 Å². The van der Waals surface area contributed by atoms with Gasteiger partial charge in [0.25, 0.3) is 0 Å². The van der Waals surface area contributed by atoms with Gasteiger partial charge in [-0.15, -0.1) is 0 Å². The van der Waals surface area contributed by atoms with E-state index in [4.69, 9.17) is 14.9 Å². The van der Waals surface area contributed by atoms with Crippen LogP contribution in [0, 0.1) is 5.41 Å². The maximum Gasteiger partial charge on any atom is 0.339 e. The molecular weight excluding hydrogens is 243 g/mol. The molecule has 0 fully saturated rings. The molecular formula is C11H23O5P. The van der Waals surface area contributed by atoms with Crippen molar-refractivity contribution >= 4 is 13.6 Å². The van der Waals surface area contributed by atoms with E-state index in [0.29, 0.717) is 6.42 Å². The largest absolute Gasteiger partial charge is 0.481 e. The maximum absolute atomic E-state index is 11.1. The smallest absolute Gasteiger partial charge is 0.339 e. The van der Waals surface area contributed by atoms with Crippen LogP contribution in [0.2, 0.25) is 0 Å². The van der Waals surface area contributed by atoms with Crippen molar-refractivity contribution in [3.8, 4) is 0 Å². The summed E-state index contributed by atoms with van der Waals surface area (Å²) in [5.74, 6) is -1.41. The van der Waals surface area contributed by atoms with Crippen LogP contribution in [0.5, 0.6) is 0 Å². The van der Waals surface area contributed by atoms with E-state index in [1.165, 1.54) is 0 Å². The standard InChI is InChI=1S/C11H23O5P/c1-4-11(5-2,6-3)8-7-9(10(12)13)17(14,15)16/h9H,4-8H2,1-3H3,(H,12,13)(H2,14,15,16). The molecule has 0 amide bonds. The van der Waals surface area contributed by atoms with E-state index in [0.717, 1.165) is 19.3 Å². The van der Waals surface area contributed by atoms with E-state index in [1.54, 1.807) is 0 Å². The molecule has 0 aromatic rings. The lowest BCUT2D eigenvalue weighted by atomic mass is 9.76. The third kappa shape index (κ3) is 4.78. The Labute approximate surface area is 102 Å². The van der Waals surface area contributed by atoms with Crippen LogP contribution < -0.4 is 0 Å². The monoisotopic (exact) mass is 266 g/mol. The molecule has 0 aliphatic heterocycles. The van der Waals surface area contributed by atoms with Gasteiger partial charge in [-0.25, -0.2) is 0 Å². The summed E-state index contributed by atoms with van der Waals surface area (Å²) in [6, 6.07) is 0. The predicted molar refractivity (Wildman–Crippen MR) is 66.0 cm³/mol. The molecule has 0 aliphatic rings. The van der Waals surface area contributed by atoms with E-state index < -0.39 is 19.2 Å². The second kappa shape index (κ2) is 6.53. The highest BCUT2D eigenvalue weighted by molar-refractivity contribution is 7.53. The Kier molecular flexibility index (Phi) is 6.38. The van der Waals surface area contributed by atoms with Crippen molar-refractivity contribution in [2.75, 3.05) is 0 Å². The zero-order valence-electron chi connectivity index (χ0n) is 10.7. The maximum atomic E-state index is 11.1. The summed E-state index contributed by atoms with van der Waals surface area (Å²) in [5, 5.41) is 8.83. The van der Waals surface area contributed by atoms with Crippen LogP contribution >= 0.6 is 7.60 Å². The summed E-state index contributed by atoms with van der Waals surface area (Å²) in [4.78, 5) is 28.8. The Balaban J connectivity index is 4.71. The van der Waals surface area contributed by atoms with Crippen molar-refractivity contribution in [3.63, 3.8) is 0 Å². The number of aliphatic carboxylic acids is 1. The topological polar surface area (TPSA) is 94.8 Å². The number of hydrogen-bond acceptors (Lipinski definition) is 2. The van der Waals surface area contributed by atoms with E-state index in [1.807, 2.05) is 20.8 Å². The first-order valence-electron chi connectivity index (χ1n) is 6.00. The summed E-state index contributed by atoms with van der Waals surface area (Å²) in [6.07, 6.45) is 3.27. The molecule has 0 rings (SSSR count). The normalized spacial score (nSPS) is 14.6. The number of hydrogen-bond donors (Lipinski definition) is 3. The van der Waals surface area contributed by atoms with Crippen molar-refractivity contribution in [1.82, 2.24) is 0 Å². The first-order valence-corrected chi connectivity index (χ1v) is 7.68. The Morgan fingerprint density at radius 3 is 1.82 bits per heavy atom. The van der Waals surface area contributed by atoms with Gasteiger partial charge in [0.1, 0.15) is 0 Å². The molecule has 1 atom stereocenters. The van der Waals surface area contributed by atoms with Crippen molar-refractivity contribution in [1.29, 1.82) is 0 Å². The quantitative estimate of drug-likeness (QED) is 0.587. The molecule has 0 bridgehead atoms. The molecule has 0 aromatic carbocycles.